The molecule has 0 spiro atoms. The molecule has 0 saturated heterocycles. The summed E-state index contributed by atoms with van der Waals surface area (Å²) in [6.45, 7) is 2.79. The van der Waals surface area contributed by atoms with E-state index < -0.39 is 12.7 Å². The van der Waals surface area contributed by atoms with Crippen molar-refractivity contribution in [3.05, 3.63) is 24.3 Å². The molecule has 23 heavy (non-hydrogen) atoms. The van der Waals surface area contributed by atoms with Crippen LogP contribution in [0.5, 0.6) is 11.5 Å². The van der Waals surface area contributed by atoms with E-state index in [-0.39, 0.29) is 23.5 Å². The van der Waals surface area contributed by atoms with Gasteiger partial charge in [-0.05, 0) is 45.0 Å². The van der Waals surface area contributed by atoms with Gasteiger partial charge in [-0.25, -0.2) is 4.79 Å². The van der Waals surface area contributed by atoms with Crippen LogP contribution in [0.4, 0.5) is 13.6 Å². The van der Waals surface area contributed by atoms with Gasteiger partial charge in [-0.15, -0.1) is 0 Å². The molecule has 1 saturated carbocycles. The molecule has 7 heteroatoms. The van der Waals surface area contributed by atoms with Crippen LogP contribution in [0.3, 0.4) is 0 Å². The Bertz CT molecular complexity index is 522. The lowest BCUT2D eigenvalue weighted by Gasteiger charge is -2.35. The molecule has 128 valence electrons. The summed E-state index contributed by atoms with van der Waals surface area (Å²) in [4.78, 5) is 11.6. The fourth-order valence-corrected chi connectivity index (χ4v) is 2.09. The molecule has 1 aliphatic rings. The Morgan fingerprint density at radius 1 is 1.13 bits per heavy atom. The van der Waals surface area contributed by atoms with Crippen LogP contribution in [-0.2, 0) is 4.74 Å². The van der Waals surface area contributed by atoms with E-state index in [9.17, 15) is 13.6 Å². The van der Waals surface area contributed by atoms with Gasteiger partial charge in [0.15, 0.2) is 0 Å². The normalized spacial score (nSPS) is 20.6. The van der Waals surface area contributed by atoms with E-state index in [0.29, 0.717) is 18.6 Å². The lowest BCUT2D eigenvalue weighted by molar-refractivity contribution is -0.0501. The number of nitrogens with one attached hydrogen (secondary N) is 1. The average molecular weight is 329 g/mol. The minimum atomic E-state index is -2.84. The van der Waals surface area contributed by atoms with Gasteiger partial charge in [-0.3, -0.25) is 0 Å². The van der Waals surface area contributed by atoms with E-state index in [0.717, 1.165) is 0 Å². The van der Waals surface area contributed by atoms with Crippen molar-refractivity contribution in [2.45, 2.75) is 58.0 Å². The zero-order valence-electron chi connectivity index (χ0n) is 13.3. The Morgan fingerprint density at radius 3 is 2.22 bits per heavy atom. The number of ether oxygens (including phenoxy) is 3. The standard InChI is InChI=1S/C16H21F2NO4/c1-16(2,3)19-15(20)23-13-8-12(9-13)21-10-4-6-11(7-5-10)22-14(17)18/h4-7,12-14H,8-9H2,1-3H3,(H,19,20). The summed E-state index contributed by atoms with van der Waals surface area (Å²) in [7, 11) is 0. The number of alkyl halides is 2. The van der Waals surface area contributed by atoms with Gasteiger partial charge in [-0.1, -0.05) is 0 Å². The summed E-state index contributed by atoms with van der Waals surface area (Å²) in [5.74, 6) is 0.648. The van der Waals surface area contributed by atoms with Crippen LogP contribution in [0.25, 0.3) is 0 Å². The maximum atomic E-state index is 12.0. The molecule has 0 heterocycles. The molecule has 0 atom stereocenters. The van der Waals surface area contributed by atoms with Crippen LogP contribution in [0.1, 0.15) is 33.6 Å². The van der Waals surface area contributed by atoms with E-state index in [1.54, 1.807) is 12.1 Å². The summed E-state index contributed by atoms with van der Waals surface area (Å²) in [6.07, 6.45) is 0.558. The van der Waals surface area contributed by atoms with Crippen LogP contribution < -0.4 is 14.8 Å². The Labute approximate surface area is 133 Å². The zero-order chi connectivity index (χ0) is 17.0. The van der Waals surface area contributed by atoms with Crippen LogP contribution >= 0.6 is 0 Å². The lowest BCUT2D eigenvalue weighted by Crippen LogP contribution is -2.46. The fourth-order valence-electron chi connectivity index (χ4n) is 2.09. The number of hydrogen-bond donors (Lipinski definition) is 1. The summed E-state index contributed by atoms with van der Waals surface area (Å²) < 4.78 is 39.3. The minimum Gasteiger partial charge on any atom is -0.490 e. The molecule has 1 amide bonds. The van der Waals surface area contributed by atoms with Gasteiger partial charge in [0.05, 0.1) is 0 Å². The monoisotopic (exact) mass is 329 g/mol. The average Bonchev–Trinajstić information content (AvgIpc) is 2.35. The maximum absolute atomic E-state index is 12.0. The van der Waals surface area contributed by atoms with Gasteiger partial charge in [0.25, 0.3) is 0 Å². The van der Waals surface area contributed by atoms with Gasteiger partial charge < -0.3 is 19.5 Å². The van der Waals surface area contributed by atoms with Crippen molar-refractivity contribution in [1.82, 2.24) is 5.32 Å². The Morgan fingerprint density at radius 2 is 1.70 bits per heavy atom. The van der Waals surface area contributed by atoms with Crippen molar-refractivity contribution in [2.24, 2.45) is 0 Å². The first-order valence-electron chi connectivity index (χ1n) is 7.41. The van der Waals surface area contributed by atoms with E-state index >= 15 is 0 Å². The van der Waals surface area contributed by atoms with Gasteiger partial charge in [0.2, 0.25) is 0 Å². The molecule has 1 N–H and O–H groups in total. The van der Waals surface area contributed by atoms with Gasteiger partial charge in [0, 0.05) is 18.4 Å². The molecular weight excluding hydrogens is 308 g/mol. The minimum absolute atomic E-state index is 0.0516. The largest absolute Gasteiger partial charge is 0.490 e. The molecule has 2 rings (SSSR count). The Balaban J connectivity index is 1.70. The number of rotatable bonds is 5. The molecule has 0 aliphatic heterocycles. The first kappa shape index (κ1) is 17.3. The number of benzene rings is 1. The topological polar surface area (TPSA) is 56.8 Å². The predicted octanol–water partition coefficient (Wildman–Crippen LogP) is 3.72. The first-order chi connectivity index (χ1) is 10.7. The third-order valence-corrected chi connectivity index (χ3v) is 3.15. The van der Waals surface area contributed by atoms with Crippen molar-refractivity contribution in [2.75, 3.05) is 0 Å². The second kappa shape index (κ2) is 7.02. The van der Waals surface area contributed by atoms with E-state index in [2.05, 4.69) is 10.1 Å². The first-order valence-corrected chi connectivity index (χ1v) is 7.41. The Kier molecular flexibility index (Phi) is 5.28. The SMILES string of the molecule is CC(C)(C)NC(=O)OC1CC(Oc2ccc(OC(F)F)cc2)C1. The van der Waals surface area contributed by atoms with Crippen LogP contribution in [0.2, 0.25) is 0 Å². The molecule has 0 unspecified atom stereocenters. The maximum Gasteiger partial charge on any atom is 0.407 e. The fraction of sp³-hybridized carbons (Fsp3) is 0.562. The highest BCUT2D eigenvalue weighted by molar-refractivity contribution is 5.68. The van der Waals surface area contributed by atoms with Gasteiger partial charge >= 0.3 is 12.7 Å². The van der Waals surface area contributed by atoms with E-state index in [1.807, 2.05) is 20.8 Å². The second-order valence-corrected chi connectivity index (χ2v) is 6.46. The van der Waals surface area contributed by atoms with Crippen LogP contribution in [-0.4, -0.2) is 30.5 Å². The smallest absolute Gasteiger partial charge is 0.407 e. The molecule has 1 aromatic rings. The molecule has 1 aliphatic carbocycles. The molecule has 1 fully saturated rings. The number of halogens is 2. The molecule has 1 aromatic carbocycles. The molecule has 5 nitrogen and oxygen atoms in total. The second-order valence-electron chi connectivity index (χ2n) is 6.46. The van der Waals surface area contributed by atoms with Crippen LogP contribution in [0, 0.1) is 0 Å². The predicted molar refractivity (Wildman–Crippen MR) is 79.9 cm³/mol. The summed E-state index contributed by atoms with van der Waals surface area (Å²) in [6, 6.07) is 5.98. The summed E-state index contributed by atoms with van der Waals surface area (Å²) >= 11 is 0. The van der Waals surface area contributed by atoms with E-state index in [1.165, 1.54) is 12.1 Å². The summed E-state index contributed by atoms with van der Waals surface area (Å²) in [5, 5.41) is 2.73. The van der Waals surface area contributed by atoms with Crippen molar-refractivity contribution in [3.63, 3.8) is 0 Å². The zero-order valence-corrected chi connectivity index (χ0v) is 13.3. The summed E-state index contributed by atoms with van der Waals surface area (Å²) in [5.41, 5.74) is -0.335. The highest BCUT2D eigenvalue weighted by Crippen LogP contribution is 2.29. The highest BCUT2D eigenvalue weighted by Gasteiger charge is 2.34. The number of alkyl carbamates (subject to hydrolysis) is 1. The van der Waals surface area contributed by atoms with Crippen molar-refractivity contribution in [3.8, 4) is 11.5 Å². The van der Waals surface area contributed by atoms with Gasteiger partial charge in [-0.2, -0.15) is 8.78 Å². The lowest BCUT2D eigenvalue weighted by atomic mass is 9.92. The molecular formula is C16H21F2NO4. The number of amides is 1. The van der Waals surface area contributed by atoms with Crippen LogP contribution in [0.15, 0.2) is 24.3 Å². The molecule has 0 radical (unpaired) electrons. The third-order valence-electron chi connectivity index (χ3n) is 3.15. The molecule has 0 bridgehead atoms. The Hall–Kier alpha value is -2.05. The van der Waals surface area contributed by atoms with Crippen molar-refractivity contribution in [1.29, 1.82) is 0 Å². The van der Waals surface area contributed by atoms with E-state index in [4.69, 9.17) is 9.47 Å². The van der Waals surface area contributed by atoms with Crippen molar-refractivity contribution < 1.29 is 27.8 Å². The highest BCUT2D eigenvalue weighted by atomic mass is 19.3. The third kappa shape index (κ3) is 5.92. The van der Waals surface area contributed by atoms with Gasteiger partial charge in [0.1, 0.15) is 23.7 Å². The quantitative estimate of drug-likeness (QED) is 0.894. The number of hydrogen-bond acceptors (Lipinski definition) is 4. The molecule has 0 aromatic heterocycles. The number of carbonyl (C=O) groups is 1. The van der Waals surface area contributed by atoms with Crippen molar-refractivity contribution >= 4 is 6.09 Å². The number of carbonyl (C=O) groups excluding carboxylic acids is 1.